The van der Waals surface area contributed by atoms with E-state index in [1.54, 1.807) is 6.07 Å². The third kappa shape index (κ3) is 3.34. The number of nitro groups is 1. The molecule has 1 atom stereocenters. The molecule has 1 amide bonds. The molecule has 3 rings (SSSR count). The van der Waals surface area contributed by atoms with E-state index in [4.69, 9.17) is 0 Å². The van der Waals surface area contributed by atoms with Crippen molar-refractivity contribution in [2.24, 2.45) is 0 Å². The summed E-state index contributed by atoms with van der Waals surface area (Å²) in [4.78, 5) is 22.9. The first-order valence-electron chi connectivity index (χ1n) is 7.56. The first kappa shape index (κ1) is 18.4. The smallest absolute Gasteiger partial charge is 0.362 e. The minimum atomic E-state index is -4.87. The number of non-ortho nitro benzene ring substituents is 1. The molecule has 140 valence electrons. The van der Waals surface area contributed by atoms with Gasteiger partial charge in [-0.05, 0) is 12.1 Å². The Morgan fingerprint density at radius 1 is 1.15 bits per heavy atom. The van der Waals surface area contributed by atoms with Crippen molar-refractivity contribution in [2.75, 3.05) is 0 Å². The lowest BCUT2D eigenvalue weighted by molar-refractivity contribution is -0.385. The summed E-state index contributed by atoms with van der Waals surface area (Å²) in [6.07, 6.45) is -4.46. The molecule has 7 nitrogen and oxygen atoms in total. The fourth-order valence-electron chi connectivity index (χ4n) is 2.63. The standard InChI is InChI=1S/C17H12F3N3O4/c18-17(19,20)14-10-16(25,12-7-4-8-13(9-12)23(26)27)22(21-14)15(24)11-5-2-1-3-6-11/h1-10,21,25H. The second-order valence-electron chi connectivity index (χ2n) is 5.71. The van der Waals surface area contributed by atoms with Gasteiger partial charge in [0.05, 0.1) is 4.92 Å². The van der Waals surface area contributed by atoms with Gasteiger partial charge >= 0.3 is 6.18 Å². The van der Waals surface area contributed by atoms with Crippen molar-refractivity contribution in [3.05, 3.63) is 87.6 Å². The molecule has 0 saturated carbocycles. The predicted octanol–water partition coefficient (Wildman–Crippen LogP) is 2.85. The summed E-state index contributed by atoms with van der Waals surface area (Å²) >= 11 is 0. The number of hydrogen-bond acceptors (Lipinski definition) is 5. The van der Waals surface area contributed by atoms with Crippen LogP contribution in [-0.2, 0) is 5.72 Å². The monoisotopic (exact) mass is 379 g/mol. The van der Waals surface area contributed by atoms with Crippen molar-refractivity contribution in [2.45, 2.75) is 11.9 Å². The Labute approximate surface area is 150 Å². The van der Waals surface area contributed by atoms with Gasteiger partial charge in [-0.15, -0.1) is 0 Å². The number of rotatable bonds is 3. The SMILES string of the molecule is O=C(c1ccccc1)N1NC(C(F)(F)F)=CC1(O)c1cccc([N+](=O)[O-])c1. The molecule has 2 aromatic carbocycles. The van der Waals surface area contributed by atoms with E-state index in [0.717, 1.165) is 12.1 Å². The molecule has 1 unspecified atom stereocenters. The molecule has 1 aliphatic rings. The van der Waals surface area contributed by atoms with E-state index >= 15 is 0 Å². The third-order valence-corrected chi connectivity index (χ3v) is 3.93. The Morgan fingerprint density at radius 3 is 2.41 bits per heavy atom. The number of amides is 1. The summed E-state index contributed by atoms with van der Waals surface area (Å²) in [5.41, 5.74) is -2.77. The number of alkyl halides is 3. The lowest BCUT2D eigenvalue weighted by Gasteiger charge is -2.32. The Hall–Kier alpha value is -3.40. The van der Waals surface area contributed by atoms with Crippen molar-refractivity contribution in [1.82, 2.24) is 10.4 Å². The molecule has 0 spiro atoms. The van der Waals surface area contributed by atoms with E-state index < -0.39 is 34.1 Å². The fourth-order valence-corrected chi connectivity index (χ4v) is 2.63. The number of allylic oxidation sites excluding steroid dienone is 1. The molecule has 10 heteroatoms. The maximum absolute atomic E-state index is 13.2. The van der Waals surface area contributed by atoms with Crippen LogP contribution in [0.3, 0.4) is 0 Å². The number of benzene rings is 2. The number of carbonyl (C=O) groups excluding carboxylic acids is 1. The molecule has 0 aromatic heterocycles. The summed E-state index contributed by atoms with van der Waals surface area (Å²) in [6.45, 7) is 0. The number of hydrogen-bond donors (Lipinski definition) is 2. The molecule has 1 aliphatic heterocycles. The van der Waals surface area contributed by atoms with Crippen LogP contribution in [0.1, 0.15) is 15.9 Å². The molecular weight excluding hydrogens is 367 g/mol. The number of halogens is 3. The summed E-state index contributed by atoms with van der Waals surface area (Å²) in [5, 5.41) is 22.3. The van der Waals surface area contributed by atoms with Gasteiger partial charge in [0.25, 0.3) is 11.6 Å². The van der Waals surface area contributed by atoms with Crippen LogP contribution in [0.2, 0.25) is 0 Å². The molecule has 0 fully saturated rings. The van der Waals surface area contributed by atoms with Crippen molar-refractivity contribution in [3.8, 4) is 0 Å². The van der Waals surface area contributed by atoms with Gasteiger partial charge in [-0.2, -0.15) is 13.2 Å². The van der Waals surface area contributed by atoms with E-state index in [1.807, 2.05) is 5.43 Å². The molecule has 0 aliphatic carbocycles. The number of hydrazine groups is 1. The molecule has 27 heavy (non-hydrogen) atoms. The first-order chi connectivity index (χ1) is 12.6. The number of nitrogens with one attached hydrogen (secondary N) is 1. The summed E-state index contributed by atoms with van der Waals surface area (Å²) in [6, 6.07) is 11.8. The Bertz CT molecular complexity index is 931. The van der Waals surface area contributed by atoms with Gasteiger partial charge in [0.15, 0.2) is 0 Å². The minimum absolute atomic E-state index is 0.0191. The predicted molar refractivity (Wildman–Crippen MR) is 86.9 cm³/mol. The van der Waals surface area contributed by atoms with Crippen LogP contribution in [0, 0.1) is 10.1 Å². The van der Waals surface area contributed by atoms with E-state index in [9.17, 15) is 33.2 Å². The molecule has 2 aromatic rings. The Morgan fingerprint density at radius 2 is 1.81 bits per heavy atom. The van der Waals surface area contributed by atoms with Crippen LogP contribution in [-0.4, -0.2) is 27.1 Å². The molecule has 0 radical (unpaired) electrons. The largest absolute Gasteiger partial charge is 0.432 e. The Kier molecular flexibility index (Phi) is 4.36. The van der Waals surface area contributed by atoms with E-state index in [2.05, 4.69) is 0 Å². The van der Waals surface area contributed by atoms with E-state index in [1.165, 1.54) is 36.4 Å². The topological polar surface area (TPSA) is 95.7 Å². The number of aliphatic hydroxyl groups is 1. The zero-order valence-electron chi connectivity index (χ0n) is 13.5. The highest BCUT2D eigenvalue weighted by Crippen LogP contribution is 2.39. The average Bonchev–Trinajstić information content (AvgIpc) is 3.01. The van der Waals surface area contributed by atoms with E-state index in [-0.39, 0.29) is 11.1 Å². The highest BCUT2D eigenvalue weighted by atomic mass is 19.4. The van der Waals surface area contributed by atoms with Crippen LogP contribution < -0.4 is 5.43 Å². The van der Waals surface area contributed by atoms with E-state index in [0.29, 0.717) is 11.1 Å². The van der Waals surface area contributed by atoms with Gasteiger partial charge < -0.3 is 5.11 Å². The highest BCUT2D eigenvalue weighted by molar-refractivity contribution is 5.95. The lowest BCUT2D eigenvalue weighted by atomic mass is 10.0. The Balaban J connectivity index is 2.11. The van der Waals surface area contributed by atoms with Gasteiger partial charge in [0, 0.05) is 29.3 Å². The van der Waals surface area contributed by atoms with Crippen LogP contribution in [0.5, 0.6) is 0 Å². The number of carbonyl (C=O) groups is 1. The van der Waals surface area contributed by atoms with Crippen molar-refractivity contribution in [3.63, 3.8) is 0 Å². The molecule has 0 bridgehead atoms. The van der Waals surface area contributed by atoms with Gasteiger partial charge in [-0.3, -0.25) is 20.3 Å². The maximum atomic E-state index is 13.2. The molecule has 0 saturated heterocycles. The molecule has 1 heterocycles. The van der Waals surface area contributed by atoms with Crippen LogP contribution in [0.4, 0.5) is 18.9 Å². The van der Waals surface area contributed by atoms with Crippen molar-refractivity contribution >= 4 is 11.6 Å². The van der Waals surface area contributed by atoms with Gasteiger partial charge in [-0.25, -0.2) is 5.01 Å². The summed E-state index contributed by atoms with van der Waals surface area (Å²) < 4.78 is 39.5. The zero-order chi connectivity index (χ0) is 19.8. The highest BCUT2D eigenvalue weighted by Gasteiger charge is 2.50. The second-order valence-corrected chi connectivity index (χ2v) is 5.71. The average molecular weight is 379 g/mol. The molecular formula is C17H12F3N3O4. The zero-order valence-corrected chi connectivity index (χ0v) is 13.5. The first-order valence-corrected chi connectivity index (χ1v) is 7.56. The van der Waals surface area contributed by atoms with Crippen molar-refractivity contribution < 1.29 is 28.0 Å². The van der Waals surface area contributed by atoms with Crippen LogP contribution in [0.25, 0.3) is 0 Å². The van der Waals surface area contributed by atoms with Gasteiger partial charge in [0.2, 0.25) is 5.72 Å². The van der Waals surface area contributed by atoms with Gasteiger partial charge in [0.1, 0.15) is 5.70 Å². The number of nitrogens with zero attached hydrogens (tertiary/aromatic N) is 2. The lowest BCUT2D eigenvalue weighted by Crippen LogP contribution is -2.51. The minimum Gasteiger partial charge on any atom is -0.362 e. The normalized spacial score (nSPS) is 19.4. The van der Waals surface area contributed by atoms with Crippen LogP contribution in [0.15, 0.2) is 66.4 Å². The summed E-state index contributed by atoms with van der Waals surface area (Å²) in [5.74, 6) is -0.944. The third-order valence-electron chi connectivity index (χ3n) is 3.93. The summed E-state index contributed by atoms with van der Waals surface area (Å²) in [7, 11) is 0. The van der Waals surface area contributed by atoms with Gasteiger partial charge in [-0.1, -0.05) is 30.3 Å². The fraction of sp³-hybridized carbons (Fsp3) is 0.118. The molecule has 2 N–H and O–H groups in total. The van der Waals surface area contributed by atoms with Crippen molar-refractivity contribution in [1.29, 1.82) is 0 Å². The quantitative estimate of drug-likeness (QED) is 0.632. The van der Waals surface area contributed by atoms with Crippen LogP contribution >= 0.6 is 0 Å². The second kappa shape index (κ2) is 6.40. The number of nitro benzene ring substituents is 1. The maximum Gasteiger partial charge on any atom is 0.432 e.